The molecule has 1 aromatic rings. The zero-order valence-electron chi connectivity index (χ0n) is 16.9. The number of carbonyl (C=O) groups excluding carboxylic acids is 1. The average molecular weight is 393 g/mol. The van der Waals surface area contributed by atoms with E-state index in [1.165, 1.54) is 27.1 Å². The molecule has 0 heterocycles. The van der Waals surface area contributed by atoms with E-state index in [0.29, 0.717) is 17.1 Å². The molecule has 1 saturated carbocycles. The van der Waals surface area contributed by atoms with Crippen molar-refractivity contribution in [2.45, 2.75) is 70.1 Å². The summed E-state index contributed by atoms with van der Waals surface area (Å²) in [5.41, 5.74) is 0.634. The number of ether oxygens (including phenoxy) is 3. The summed E-state index contributed by atoms with van der Waals surface area (Å²) in [5.74, 6) is -0.299. The van der Waals surface area contributed by atoms with Gasteiger partial charge in [0.25, 0.3) is 0 Å². The van der Waals surface area contributed by atoms with Crippen LogP contribution in [-0.4, -0.2) is 43.4 Å². The van der Waals surface area contributed by atoms with Crippen molar-refractivity contribution >= 4 is 11.9 Å². The van der Waals surface area contributed by atoms with Gasteiger partial charge >= 0.3 is 5.97 Å². The van der Waals surface area contributed by atoms with Crippen LogP contribution in [0.15, 0.2) is 18.2 Å². The number of hydrogen-bond donors (Lipinski definition) is 2. The number of nitrogens with one attached hydrogen (secondary N) is 1. The molecule has 1 aromatic carbocycles. The number of methoxy groups -OCH3 is 2. The van der Waals surface area contributed by atoms with Crippen LogP contribution < -0.4 is 14.8 Å². The van der Waals surface area contributed by atoms with E-state index in [1.807, 2.05) is 0 Å². The fraction of sp³-hybridized carbons (Fsp3) is 0.619. The van der Waals surface area contributed by atoms with Gasteiger partial charge in [0.05, 0.1) is 32.8 Å². The lowest BCUT2D eigenvalue weighted by molar-refractivity contribution is -0.139. The summed E-state index contributed by atoms with van der Waals surface area (Å²) in [4.78, 5) is 24.0. The van der Waals surface area contributed by atoms with Crippen molar-refractivity contribution in [1.29, 1.82) is 0 Å². The average Bonchev–Trinajstić information content (AvgIpc) is 2.95. The van der Waals surface area contributed by atoms with Crippen LogP contribution in [0.2, 0.25) is 0 Å². The van der Waals surface area contributed by atoms with Gasteiger partial charge in [-0.25, -0.2) is 0 Å². The molecule has 0 aromatic heterocycles. The SMILES string of the molecule is COc1ccc(C(CC(=O)O)NC(=O)C(C)OC2CCCCCC2)cc1OC. The van der Waals surface area contributed by atoms with Crippen LogP contribution in [-0.2, 0) is 14.3 Å². The van der Waals surface area contributed by atoms with E-state index in [9.17, 15) is 14.7 Å². The number of hydrogen-bond acceptors (Lipinski definition) is 5. The van der Waals surface area contributed by atoms with E-state index in [1.54, 1.807) is 25.1 Å². The first kappa shape index (κ1) is 22.0. The zero-order valence-corrected chi connectivity index (χ0v) is 16.9. The molecule has 2 unspecified atom stereocenters. The Bertz CT molecular complexity index is 654. The Balaban J connectivity index is 2.08. The van der Waals surface area contributed by atoms with Crippen molar-refractivity contribution in [3.63, 3.8) is 0 Å². The van der Waals surface area contributed by atoms with Gasteiger partial charge in [0.15, 0.2) is 11.5 Å². The van der Waals surface area contributed by atoms with Gasteiger partial charge in [0.2, 0.25) is 5.91 Å². The number of benzene rings is 1. The summed E-state index contributed by atoms with van der Waals surface area (Å²) >= 11 is 0. The van der Waals surface area contributed by atoms with Gasteiger partial charge in [-0.3, -0.25) is 9.59 Å². The van der Waals surface area contributed by atoms with Gasteiger partial charge in [-0.15, -0.1) is 0 Å². The van der Waals surface area contributed by atoms with E-state index in [-0.39, 0.29) is 18.4 Å². The van der Waals surface area contributed by atoms with Crippen LogP contribution in [0, 0.1) is 0 Å². The second-order valence-corrected chi connectivity index (χ2v) is 7.17. The molecule has 0 aliphatic heterocycles. The van der Waals surface area contributed by atoms with E-state index < -0.39 is 18.1 Å². The molecule has 1 aliphatic rings. The van der Waals surface area contributed by atoms with E-state index in [0.717, 1.165) is 25.7 Å². The van der Waals surface area contributed by atoms with E-state index in [4.69, 9.17) is 14.2 Å². The largest absolute Gasteiger partial charge is 0.493 e. The number of rotatable bonds is 9. The molecule has 2 N–H and O–H groups in total. The Kier molecular flexibility index (Phi) is 8.57. The summed E-state index contributed by atoms with van der Waals surface area (Å²) in [6, 6.07) is 4.42. The summed E-state index contributed by atoms with van der Waals surface area (Å²) in [6.07, 6.45) is 5.79. The second kappa shape index (κ2) is 10.9. The topological polar surface area (TPSA) is 94.1 Å². The molecule has 2 atom stereocenters. The fourth-order valence-electron chi connectivity index (χ4n) is 3.51. The summed E-state index contributed by atoms with van der Waals surface area (Å²) in [5, 5.41) is 12.1. The van der Waals surface area contributed by atoms with Gasteiger partial charge in [0, 0.05) is 0 Å². The number of carbonyl (C=O) groups is 2. The standard InChI is InChI=1S/C21H31NO6/c1-14(28-16-8-6-4-5-7-9-16)21(25)22-17(13-20(23)24)15-10-11-18(26-2)19(12-15)27-3/h10-12,14,16-17H,4-9,13H2,1-3H3,(H,22,25)(H,23,24). The third-order valence-electron chi connectivity index (χ3n) is 5.07. The number of carboxylic acids is 1. The molecule has 28 heavy (non-hydrogen) atoms. The van der Waals surface area contributed by atoms with Crippen LogP contribution >= 0.6 is 0 Å². The Morgan fingerprint density at radius 1 is 1.11 bits per heavy atom. The van der Waals surface area contributed by atoms with Gasteiger partial charge in [-0.05, 0) is 37.5 Å². The van der Waals surface area contributed by atoms with Crippen molar-refractivity contribution in [1.82, 2.24) is 5.32 Å². The molecular weight excluding hydrogens is 362 g/mol. The predicted octanol–water partition coefficient (Wildman–Crippen LogP) is 3.46. The smallest absolute Gasteiger partial charge is 0.305 e. The van der Waals surface area contributed by atoms with Crippen LogP contribution in [0.3, 0.4) is 0 Å². The summed E-state index contributed by atoms with van der Waals surface area (Å²) in [7, 11) is 3.04. The highest BCUT2D eigenvalue weighted by atomic mass is 16.5. The van der Waals surface area contributed by atoms with E-state index >= 15 is 0 Å². The number of aliphatic carboxylic acids is 1. The first-order valence-corrected chi connectivity index (χ1v) is 9.84. The van der Waals surface area contributed by atoms with Gasteiger partial charge in [-0.1, -0.05) is 31.7 Å². The van der Waals surface area contributed by atoms with E-state index in [2.05, 4.69) is 5.32 Å². The van der Waals surface area contributed by atoms with Gasteiger partial charge < -0.3 is 24.6 Å². The predicted molar refractivity (Wildman–Crippen MR) is 105 cm³/mol. The minimum atomic E-state index is -1.00. The maximum atomic E-state index is 12.7. The summed E-state index contributed by atoms with van der Waals surface area (Å²) < 4.78 is 16.5. The zero-order chi connectivity index (χ0) is 20.5. The first-order valence-electron chi connectivity index (χ1n) is 9.84. The van der Waals surface area contributed by atoms with Crippen molar-refractivity contribution in [3.8, 4) is 11.5 Å². The summed E-state index contributed by atoms with van der Waals surface area (Å²) in [6.45, 7) is 1.71. The Hall–Kier alpha value is -2.28. The van der Waals surface area contributed by atoms with Crippen LogP contribution in [0.4, 0.5) is 0 Å². The third kappa shape index (κ3) is 6.41. The van der Waals surface area contributed by atoms with Crippen molar-refractivity contribution in [2.75, 3.05) is 14.2 Å². The minimum absolute atomic E-state index is 0.0854. The molecule has 0 saturated heterocycles. The highest BCUT2D eigenvalue weighted by Gasteiger charge is 2.25. The minimum Gasteiger partial charge on any atom is -0.493 e. The molecule has 1 amide bonds. The van der Waals surface area contributed by atoms with Gasteiger partial charge in [-0.2, -0.15) is 0 Å². The van der Waals surface area contributed by atoms with Crippen LogP contribution in [0.5, 0.6) is 11.5 Å². The van der Waals surface area contributed by atoms with Crippen molar-refractivity contribution in [3.05, 3.63) is 23.8 Å². The lowest BCUT2D eigenvalue weighted by Gasteiger charge is -2.24. The molecule has 1 fully saturated rings. The molecular formula is C21H31NO6. The molecule has 0 bridgehead atoms. The molecule has 156 valence electrons. The molecule has 0 radical (unpaired) electrons. The maximum absolute atomic E-state index is 12.7. The molecule has 0 spiro atoms. The van der Waals surface area contributed by atoms with Crippen molar-refractivity contribution < 1.29 is 28.9 Å². The highest BCUT2D eigenvalue weighted by molar-refractivity contribution is 5.81. The quantitative estimate of drug-likeness (QED) is 0.624. The monoisotopic (exact) mass is 393 g/mol. The Morgan fingerprint density at radius 3 is 2.32 bits per heavy atom. The number of carboxylic acid groups (broad SMARTS) is 1. The normalized spacial score (nSPS) is 17.2. The van der Waals surface area contributed by atoms with Crippen LogP contribution in [0.25, 0.3) is 0 Å². The maximum Gasteiger partial charge on any atom is 0.305 e. The van der Waals surface area contributed by atoms with Gasteiger partial charge in [0.1, 0.15) is 6.10 Å². The molecule has 2 rings (SSSR count). The lowest BCUT2D eigenvalue weighted by Crippen LogP contribution is -2.39. The van der Waals surface area contributed by atoms with Crippen LogP contribution in [0.1, 0.15) is 63.5 Å². The molecule has 7 nitrogen and oxygen atoms in total. The Labute approximate surface area is 166 Å². The Morgan fingerprint density at radius 2 is 1.75 bits per heavy atom. The molecule has 7 heteroatoms. The number of amides is 1. The first-order chi connectivity index (χ1) is 13.4. The highest BCUT2D eigenvalue weighted by Crippen LogP contribution is 2.31. The lowest BCUT2D eigenvalue weighted by atomic mass is 10.0. The fourth-order valence-corrected chi connectivity index (χ4v) is 3.51. The van der Waals surface area contributed by atoms with Crippen molar-refractivity contribution in [2.24, 2.45) is 0 Å². The third-order valence-corrected chi connectivity index (χ3v) is 5.07. The second-order valence-electron chi connectivity index (χ2n) is 7.17. The molecule has 1 aliphatic carbocycles.